The maximum absolute atomic E-state index is 12.0. The van der Waals surface area contributed by atoms with E-state index in [2.05, 4.69) is 19.1 Å². The van der Waals surface area contributed by atoms with Gasteiger partial charge in [0.15, 0.2) is 0 Å². The highest BCUT2D eigenvalue weighted by atomic mass is 32.2. The number of hydrogen-bond donors (Lipinski definition) is 0. The topological polar surface area (TPSA) is 20.3 Å². The second kappa shape index (κ2) is 6.10. The van der Waals surface area contributed by atoms with E-state index in [-0.39, 0.29) is 5.91 Å². The summed E-state index contributed by atoms with van der Waals surface area (Å²) in [5.74, 6) is 1.63. The van der Waals surface area contributed by atoms with Crippen LogP contribution in [0.3, 0.4) is 0 Å². The van der Waals surface area contributed by atoms with Crippen LogP contribution in [0.15, 0.2) is 35.2 Å². The molecular formula is C14H19NOS. The van der Waals surface area contributed by atoms with Crippen molar-refractivity contribution >= 4 is 17.7 Å². The van der Waals surface area contributed by atoms with Crippen molar-refractivity contribution in [3.8, 4) is 0 Å². The smallest absolute Gasteiger partial charge is 0.232 e. The van der Waals surface area contributed by atoms with Gasteiger partial charge in [0.1, 0.15) is 0 Å². The molecule has 1 aromatic rings. The van der Waals surface area contributed by atoms with Crippen molar-refractivity contribution in [1.29, 1.82) is 0 Å². The fourth-order valence-corrected chi connectivity index (χ4v) is 2.83. The van der Waals surface area contributed by atoms with Crippen molar-refractivity contribution in [2.24, 2.45) is 5.92 Å². The Hall–Kier alpha value is -0.960. The van der Waals surface area contributed by atoms with Crippen LogP contribution in [0.25, 0.3) is 0 Å². The average Bonchev–Trinajstić information content (AvgIpc) is 2.38. The first kappa shape index (κ1) is 12.5. The Morgan fingerprint density at radius 2 is 1.94 bits per heavy atom. The number of hydrogen-bond acceptors (Lipinski definition) is 2. The molecule has 0 spiro atoms. The number of thioether (sulfide) groups is 1. The SMILES string of the molecule is CC1CCN(C(=O)CSc2ccccc2)CC1. The van der Waals surface area contributed by atoms with Crippen LogP contribution < -0.4 is 0 Å². The number of carbonyl (C=O) groups is 1. The van der Waals surface area contributed by atoms with Gasteiger partial charge in [0, 0.05) is 18.0 Å². The van der Waals surface area contributed by atoms with Crippen molar-refractivity contribution in [1.82, 2.24) is 4.90 Å². The Labute approximate surface area is 107 Å². The quantitative estimate of drug-likeness (QED) is 0.767. The Bertz CT molecular complexity index is 358. The van der Waals surface area contributed by atoms with Crippen molar-refractivity contribution in [3.05, 3.63) is 30.3 Å². The lowest BCUT2D eigenvalue weighted by atomic mass is 9.99. The van der Waals surface area contributed by atoms with Crippen LogP contribution in [0, 0.1) is 5.92 Å². The maximum atomic E-state index is 12.0. The number of piperidine rings is 1. The molecule has 0 aromatic heterocycles. The standard InChI is InChI=1S/C14H19NOS/c1-12-7-9-15(10-8-12)14(16)11-17-13-5-3-2-4-6-13/h2-6,12H,7-11H2,1H3. The molecule has 2 nitrogen and oxygen atoms in total. The van der Waals surface area contributed by atoms with Gasteiger partial charge in [0.05, 0.1) is 5.75 Å². The van der Waals surface area contributed by atoms with Crippen LogP contribution in [0.4, 0.5) is 0 Å². The number of benzene rings is 1. The first-order valence-electron chi connectivity index (χ1n) is 6.21. The highest BCUT2D eigenvalue weighted by molar-refractivity contribution is 8.00. The molecule has 0 bridgehead atoms. The molecule has 0 N–H and O–H groups in total. The summed E-state index contributed by atoms with van der Waals surface area (Å²) >= 11 is 1.63. The fraction of sp³-hybridized carbons (Fsp3) is 0.500. The average molecular weight is 249 g/mol. The molecule has 3 heteroatoms. The number of carbonyl (C=O) groups excluding carboxylic acids is 1. The summed E-state index contributed by atoms with van der Waals surface area (Å²) in [5, 5.41) is 0. The van der Waals surface area contributed by atoms with E-state index >= 15 is 0 Å². The molecule has 1 heterocycles. The highest BCUT2D eigenvalue weighted by Crippen LogP contribution is 2.20. The van der Waals surface area contributed by atoms with Gasteiger partial charge in [-0.1, -0.05) is 25.1 Å². The maximum Gasteiger partial charge on any atom is 0.232 e. The molecule has 0 atom stereocenters. The summed E-state index contributed by atoms with van der Waals surface area (Å²) in [4.78, 5) is 15.2. The number of rotatable bonds is 3. The molecule has 0 unspecified atom stereocenters. The third-order valence-electron chi connectivity index (χ3n) is 3.24. The van der Waals surface area contributed by atoms with Gasteiger partial charge in [-0.2, -0.15) is 0 Å². The third-order valence-corrected chi connectivity index (χ3v) is 4.24. The largest absolute Gasteiger partial charge is 0.342 e. The van der Waals surface area contributed by atoms with E-state index in [1.165, 1.54) is 4.90 Å². The molecule has 1 aliphatic heterocycles. The zero-order chi connectivity index (χ0) is 12.1. The predicted octanol–water partition coefficient (Wildman–Crippen LogP) is 3.04. The predicted molar refractivity (Wildman–Crippen MR) is 72.1 cm³/mol. The van der Waals surface area contributed by atoms with Crippen molar-refractivity contribution in [2.75, 3.05) is 18.8 Å². The van der Waals surface area contributed by atoms with Gasteiger partial charge in [-0.15, -0.1) is 11.8 Å². The van der Waals surface area contributed by atoms with Gasteiger partial charge in [-0.3, -0.25) is 4.79 Å². The van der Waals surface area contributed by atoms with Crippen molar-refractivity contribution in [2.45, 2.75) is 24.7 Å². The normalized spacial score (nSPS) is 17.1. The minimum atomic E-state index is 0.283. The third kappa shape index (κ3) is 3.77. The van der Waals surface area contributed by atoms with E-state index in [9.17, 15) is 4.79 Å². The van der Waals surface area contributed by atoms with E-state index in [0.29, 0.717) is 5.75 Å². The van der Waals surface area contributed by atoms with Gasteiger partial charge in [0.25, 0.3) is 0 Å². The zero-order valence-electron chi connectivity index (χ0n) is 10.3. The van der Waals surface area contributed by atoms with Gasteiger partial charge < -0.3 is 4.90 Å². The monoisotopic (exact) mass is 249 g/mol. The second-order valence-corrected chi connectivity index (χ2v) is 5.71. The molecule has 17 heavy (non-hydrogen) atoms. The second-order valence-electron chi connectivity index (χ2n) is 4.67. The lowest BCUT2D eigenvalue weighted by Crippen LogP contribution is -2.38. The van der Waals surface area contributed by atoms with E-state index < -0.39 is 0 Å². The van der Waals surface area contributed by atoms with Gasteiger partial charge in [-0.25, -0.2) is 0 Å². The minimum Gasteiger partial charge on any atom is -0.342 e. The van der Waals surface area contributed by atoms with E-state index in [4.69, 9.17) is 0 Å². The van der Waals surface area contributed by atoms with Crippen molar-refractivity contribution in [3.63, 3.8) is 0 Å². The molecule has 0 saturated carbocycles. The summed E-state index contributed by atoms with van der Waals surface area (Å²) in [6.45, 7) is 4.14. The molecule has 2 rings (SSSR count). The molecule has 1 amide bonds. The van der Waals surface area contributed by atoms with E-state index in [1.54, 1.807) is 11.8 Å². The van der Waals surface area contributed by atoms with Crippen LogP contribution in [-0.2, 0) is 4.79 Å². The summed E-state index contributed by atoms with van der Waals surface area (Å²) in [7, 11) is 0. The Morgan fingerprint density at radius 1 is 1.29 bits per heavy atom. The Balaban J connectivity index is 1.78. The summed E-state index contributed by atoms with van der Waals surface area (Å²) < 4.78 is 0. The molecule has 92 valence electrons. The highest BCUT2D eigenvalue weighted by Gasteiger charge is 2.19. The Morgan fingerprint density at radius 3 is 2.59 bits per heavy atom. The molecule has 1 aromatic carbocycles. The molecule has 1 aliphatic rings. The molecule has 0 radical (unpaired) electrons. The lowest BCUT2D eigenvalue weighted by Gasteiger charge is -2.30. The van der Waals surface area contributed by atoms with Crippen LogP contribution in [0.2, 0.25) is 0 Å². The van der Waals surface area contributed by atoms with E-state index in [1.807, 2.05) is 23.1 Å². The van der Waals surface area contributed by atoms with Gasteiger partial charge >= 0.3 is 0 Å². The molecule has 0 aliphatic carbocycles. The lowest BCUT2D eigenvalue weighted by molar-refractivity contribution is -0.129. The van der Waals surface area contributed by atoms with Crippen LogP contribution >= 0.6 is 11.8 Å². The fourth-order valence-electron chi connectivity index (χ4n) is 2.01. The first-order valence-corrected chi connectivity index (χ1v) is 7.20. The van der Waals surface area contributed by atoms with Crippen LogP contribution in [0.1, 0.15) is 19.8 Å². The molecule has 1 saturated heterocycles. The zero-order valence-corrected chi connectivity index (χ0v) is 11.1. The number of amides is 1. The summed E-state index contributed by atoms with van der Waals surface area (Å²) in [5.41, 5.74) is 0. The number of nitrogens with zero attached hydrogens (tertiary/aromatic N) is 1. The molecular weight excluding hydrogens is 230 g/mol. The number of likely N-dealkylation sites (tertiary alicyclic amines) is 1. The van der Waals surface area contributed by atoms with E-state index in [0.717, 1.165) is 31.8 Å². The van der Waals surface area contributed by atoms with Crippen molar-refractivity contribution < 1.29 is 4.79 Å². The summed E-state index contributed by atoms with van der Waals surface area (Å²) in [6, 6.07) is 10.1. The van der Waals surface area contributed by atoms with Crippen LogP contribution in [0.5, 0.6) is 0 Å². The van der Waals surface area contributed by atoms with Gasteiger partial charge in [-0.05, 0) is 30.9 Å². The minimum absolute atomic E-state index is 0.283. The first-order chi connectivity index (χ1) is 8.25. The summed E-state index contributed by atoms with van der Waals surface area (Å²) in [6.07, 6.45) is 2.31. The molecule has 1 fully saturated rings. The van der Waals surface area contributed by atoms with Gasteiger partial charge in [0.2, 0.25) is 5.91 Å². The Kier molecular flexibility index (Phi) is 4.49. The van der Waals surface area contributed by atoms with Crippen LogP contribution in [-0.4, -0.2) is 29.6 Å².